The summed E-state index contributed by atoms with van der Waals surface area (Å²) in [4.78, 5) is 0. The van der Waals surface area contributed by atoms with Gasteiger partial charge in [-0.05, 0) is 0 Å². The first-order valence-electron chi connectivity index (χ1n) is 3.38. The molecular formula is C7H5ClF5NO. The Morgan fingerprint density at radius 2 is 1.13 bits per heavy atom. The summed E-state index contributed by atoms with van der Waals surface area (Å²) in [5.41, 5.74) is 0.196. The van der Waals surface area contributed by atoms with Gasteiger partial charge in [0.1, 0.15) is 0 Å². The third-order valence-corrected chi connectivity index (χ3v) is 1.56. The van der Waals surface area contributed by atoms with Crippen molar-refractivity contribution in [3.05, 3.63) is 34.6 Å². The molecule has 0 heterocycles. The summed E-state index contributed by atoms with van der Waals surface area (Å²) < 4.78 is 62.8. The first-order valence-corrected chi connectivity index (χ1v) is 3.38. The Labute approximate surface area is 87.1 Å². The highest BCUT2D eigenvalue weighted by Gasteiger charge is 2.24. The van der Waals surface area contributed by atoms with Crippen LogP contribution in [0, 0.1) is 29.1 Å². The van der Waals surface area contributed by atoms with Crippen LogP contribution >= 0.6 is 12.4 Å². The van der Waals surface area contributed by atoms with Crippen LogP contribution in [0.3, 0.4) is 0 Å². The Morgan fingerprint density at radius 3 is 1.47 bits per heavy atom. The molecule has 2 N–H and O–H groups in total. The number of halogens is 6. The van der Waals surface area contributed by atoms with E-state index in [1.54, 1.807) is 0 Å². The van der Waals surface area contributed by atoms with Crippen LogP contribution < -0.4 is 5.48 Å². The molecule has 2 nitrogen and oxygen atoms in total. The number of hydrogen-bond acceptors (Lipinski definition) is 2. The summed E-state index contributed by atoms with van der Waals surface area (Å²) in [5.74, 6) is -10.2. The minimum atomic E-state index is -2.22. The predicted octanol–water partition coefficient (Wildman–Crippen LogP) is 2.28. The molecule has 15 heavy (non-hydrogen) atoms. The van der Waals surface area contributed by atoms with Gasteiger partial charge in [-0.2, -0.15) is 0 Å². The highest BCUT2D eigenvalue weighted by Crippen LogP contribution is 2.22. The molecule has 0 aliphatic rings. The van der Waals surface area contributed by atoms with E-state index in [9.17, 15) is 22.0 Å². The zero-order valence-electron chi connectivity index (χ0n) is 6.95. The van der Waals surface area contributed by atoms with Gasteiger partial charge in [0.2, 0.25) is 5.82 Å². The zero-order chi connectivity index (χ0) is 10.9. The molecule has 0 spiro atoms. The van der Waals surface area contributed by atoms with Crippen molar-refractivity contribution in [3.8, 4) is 0 Å². The normalized spacial score (nSPS) is 10.0. The average Bonchev–Trinajstić information content (AvgIpc) is 2.19. The van der Waals surface area contributed by atoms with Gasteiger partial charge in [-0.15, -0.1) is 12.4 Å². The lowest BCUT2D eigenvalue weighted by Gasteiger charge is -2.06. The maximum atomic E-state index is 12.7. The molecule has 0 saturated carbocycles. The van der Waals surface area contributed by atoms with E-state index < -0.39 is 41.2 Å². The monoisotopic (exact) mass is 249 g/mol. The van der Waals surface area contributed by atoms with Gasteiger partial charge < -0.3 is 5.21 Å². The van der Waals surface area contributed by atoms with Crippen LogP contribution in [0.25, 0.3) is 0 Å². The van der Waals surface area contributed by atoms with Crippen molar-refractivity contribution in [2.24, 2.45) is 0 Å². The Bertz CT molecular complexity index is 344. The van der Waals surface area contributed by atoms with E-state index in [1.165, 1.54) is 5.48 Å². The first kappa shape index (κ1) is 14.1. The third kappa shape index (κ3) is 2.36. The Morgan fingerprint density at radius 1 is 0.800 bits per heavy atom. The molecule has 1 rings (SSSR count). The average molecular weight is 250 g/mol. The quantitative estimate of drug-likeness (QED) is 0.365. The molecule has 0 unspecified atom stereocenters. The summed E-state index contributed by atoms with van der Waals surface area (Å²) in [6, 6.07) is 0. The van der Waals surface area contributed by atoms with Crippen molar-refractivity contribution in [2.75, 3.05) is 0 Å². The lowest BCUT2D eigenvalue weighted by molar-refractivity contribution is 0.157. The second kappa shape index (κ2) is 5.24. The second-order valence-corrected chi connectivity index (χ2v) is 2.38. The zero-order valence-corrected chi connectivity index (χ0v) is 7.77. The fourth-order valence-corrected chi connectivity index (χ4v) is 0.885. The van der Waals surface area contributed by atoms with Crippen molar-refractivity contribution in [1.29, 1.82) is 0 Å². The molecule has 0 bridgehead atoms. The summed E-state index contributed by atoms with van der Waals surface area (Å²) >= 11 is 0. The van der Waals surface area contributed by atoms with Crippen molar-refractivity contribution >= 4 is 12.4 Å². The molecule has 86 valence electrons. The van der Waals surface area contributed by atoms with Gasteiger partial charge in [0.05, 0.1) is 6.54 Å². The summed E-state index contributed by atoms with van der Waals surface area (Å²) in [7, 11) is 0. The highest BCUT2D eigenvalue weighted by molar-refractivity contribution is 5.85. The number of hydroxylamine groups is 1. The molecule has 0 radical (unpaired) electrons. The highest BCUT2D eigenvalue weighted by atomic mass is 35.5. The summed E-state index contributed by atoms with van der Waals surface area (Å²) in [5, 5.41) is 8.10. The van der Waals surface area contributed by atoms with E-state index in [-0.39, 0.29) is 12.4 Å². The van der Waals surface area contributed by atoms with Crippen LogP contribution in [0.1, 0.15) is 5.56 Å². The molecule has 0 atom stereocenters. The van der Waals surface area contributed by atoms with Gasteiger partial charge >= 0.3 is 0 Å². The minimum Gasteiger partial charge on any atom is -0.316 e. The number of nitrogens with one attached hydrogen (secondary N) is 1. The smallest absolute Gasteiger partial charge is 0.200 e. The van der Waals surface area contributed by atoms with Crippen LogP contribution in [0.2, 0.25) is 0 Å². The topological polar surface area (TPSA) is 32.3 Å². The fraction of sp³-hybridized carbons (Fsp3) is 0.143. The first-order chi connectivity index (χ1) is 6.50. The number of benzene rings is 1. The lowest BCUT2D eigenvalue weighted by atomic mass is 10.1. The molecule has 8 heteroatoms. The predicted molar refractivity (Wildman–Crippen MR) is 42.1 cm³/mol. The van der Waals surface area contributed by atoms with Gasteiger partial charge in [0.25, 0.3) is 0 Å². The second-order valence-electron chi connectivity index (χ2n) is 2.38. The Kier molecular flexibility index (Phi) is 4.92. The van der Waals surface area contributed by atoms with Crippen LogP contribution in [-0.4, -0.2) is 5.21 Å². The Hall–Kier alpha value is -0.920. The standard InChI is InChI=1S/C7H4F5NO.ClH/c8-3-2(1-13-14)4(9)6(11)7(12)5(3)10;/h13-14H,1H2;1H. The third-order valence-electron chi connectivity index (χ3n) is 1.56. The molecule has 0 aliphatic carbocycles. The van der Waals surface area contributed by atoms with Gasteiger partial charge in [-0.3, -0.25) is 0 Å². The molecule has 0 saturated heterocycles. The largest absolute Gasteiger partial charge is 0.316 e. The molecule has 0 amide bonds. The summed E-state index contributed by atoms with van der Waals surface area (Å²) in [6.45, 7) is -0.869. The molecular weight excluding hydrogens is 245 g/mol. The van der Waals surface area contributed by atoms with E-state index in [0.29, 0.717) is 0 Å². The minimum absolute atomic E-state index is 0. The van der Waals surface area contributed by atoms with Crippen LogP contribution in [-0.2, 0) is 6.54 Å². The van der Waals surface area contributed by atoms with Crippen LogP contribution in [0.4, 0.5) is 22.0 Å². The maximum absolute atomic E-state index is 12.7. The van der Waals surface area contributed by atoms with E-state index in [1.807, 2.05) is 0 Å². The van der Waals surface area contributed by atoms with E-state index >= 15 is 0 Å². The van der Waals surface area contributed by atoms with Crippen LogP contribution in [0.15, 0.2) is 0 Å². The SMILES string of the molecule is Cl.ONCc1c(F)c(F)c(F)c(F)c1F. The van der Waals surface area contributed by atoms with Crippen molar-refractivity contribution in [1.82, 2.24) is 5.48 Å². The van der Waals surface area contributed by atoms with Crippen molar-refractivity contribution in [3.63, 3.8) is 0 Å². The van der Waals surface area contributed by atoms with Crippen molar-refractivity contribution < 1.29 is 27.2 Å². The number of hydrogen-bond donors (Lipinski definition) is 2. The van der Waals surface area contributed by atoms with Gasteiger partial charge in [-0.1, -0.05) is 0 Å². The van der Waals surface area contributed by atoms with E-state index in [0.717, 1.165) is 0 Å². The molecule has 0 aliphatic heterocycles. The lowest BCUT2D eigenvalue weighted by Crippen LogP contribution is -2.14. The molecule has 1 aromatic carbocycles. The summed E-state index contributed by atoms with van der Waals surface area (Å²) in [6.07, 6.45) is 0. The van der Waals surface area contributed by atoms with Gasteiger partial charge in [0, 0.05) is 5.56 Å². The van der Waals surface area contributed by atoms with Gasteiger partial charge in [0.15, 0.2) is 23.3 Å². The van der Waals surface area contributed by atoms with Gasteiger partial charge in [-0.25, -0.2) is 27.4 Å². The molecule has 1 aromatic rings. The Balaban J connectivity index is 0.00000196. The molecule has 0 fully saturated rings. The molecule has 0 aromatic heterocycles. The maximum Gasteiger partial charge on any atom is 0.200 e. The van der Waals surface area contributed by atoms with Crippen LogP contribution in [0.5, 0.6) is 0 Å². The van der Waals surface area contributed by atoms with Crippen molar-refractivity contribution in [2.45, 2.75) is 6.54 Å². The fourth-order valence-electron chi connectivity index (χ4n) is 0.885. The van der Waals surface area contributed by atoms with E-state index in [2.05, 4.69) is 0 Å². The van der Waals surface area contributed by atoms with E-state index in [4.69, 9.17) is 5.21 Å². The number of rotatable bonds is 2.